The Bertz CT molecular complexity index is 514. The Morgan fingerprint density at radius 1 is 1.22 bits per heavy atom. The van der Waals surface area contributed by atoms with Crippen molar-refractivity contribution in [3.05, 3.63) is 34.9 Å². The summed E-state index contributed by atoms with van der Waals surface area (Å²) in [5.41, 5.74) is 10.4. The van der Waals surface area contributed by atoms with Crippen LogP contribution in [0.15, 0.2) is 18.2 Å². The maximum Gasteiger partial charge on any atom is 0.0594 e. The van der Waals surface area contributed by atoms with Gasteiger partial charge in [0.1, 0.15) is 0 Å². The Morgan fingerprint density at radius 2 is 2.00 bits per heavy atom. The average Bonchev–Trinajstić information content (AvgIpc) is 2.90. The maximum atomic E-state index is 6.11. The lowest BCUT2D eigenvalue weighted by Crippen LogP contribution is -2.41. The van der Waals surface area contributed by atoms with E-state index >= 15 is 0 Å². The van der Waals surface area contributed by atoms with Crippen LogP contribution >= 0.6 is 0 Å². The molecule has 3 rings (SSSR count). The fourth-order valence-electron chi connectivity index (χ4n) is 3.69. The molecule has 0 spiro atoms. The highest BCUT2D eigenvalue weighted by Gasteiger charge is 2.29. The van der Waals surface area contributed by atoms with E-state index in [9.17, 15) is 0 Å². The van der Waals surface area contributed by atoms with Crippen molar-refractivity contribution < 1.29 is 4.74 Å². The van der Waals surface area contributed by atoms with Crippen LogP contribution in [0.4, 0.5) is 0 Å². The van der Waals surface area contributed by atoms with E-state index in [2.05, 4.69) is 47.0 Å². The quantitative estimate of drug-likeness (QED) is 0.844. The highest BCUT2D eigenvalue weighted by atomic mass is 16.5. The summed E-state index contributed by atoms with van der Waals surface area (Å²) in [6.45, 7) is 8.76. The van der Waals surface area contributed by atoms with E-state index < -0.39 is 0 Å². The number of hydrogen-bond donors (Lipinski definition) is 1. The van der Waals surface area contributed by atoms with E-state index in [1.54, 1.807) is 0 Å². The van der Waals surface area contributed by atoms with E-state index in [1.165, 1.54) is 16.7 Å². The third-order valence-corrected chi connectivity index (χ3v) is 4.91. The SMILES string of the molecule is CN(C)Cc1ccc2c(c1)C(CN)N(CCN1CCOCC1)C2. The molecule has 0 aliphatic carbocycles. The zero-order chi connectivity index (χ0) is 16.2. The topological polar surface area (TPSA) is 45.0 Å². The van der Waals surface area contributed by atoms with Gasteiger partial charge in [-0.15, -0.1) is 0 Å². The molecule has 23 heavy (non-hydrogen) atoms. The van der Waals surface area contributed by atoms with Crippen LogP contribution in [-0.4, -0.2) is 74.7 Å². The van der Waals surface area contributed by atoms with Crippen molar-refractivity contribution in [3.63, 3.8) is 0 Å². The second-order valence-electron chi connectivity index (χ2n) is 6.95. The van der Waals surface area contributed by atoms with E-state index in [4.69, 9.17) is 10.5 Å². The second-order valence-corrected chi connectivity index (χ2v) is 6.95. The third-order valence-electron chi connectivity index (χ3n) is 4.91. The molecule has 128 valence electrons. The zero-order valence-corrected chi connectivity index (χ0v) is 14.5. The summed E-state index contributed by atoms with van der Waals surface area (Å²) in [6.07, 6.45) is 0. The first kappa shape index (κ1) is 16.9. The van der Waals surface area contributed by atoms with Gasteiger partial charge in [-0.25, -0.2) is 0 Å². The molecule has 0 saturated carbocycles. The minimum atomic E-state index is 0.369. The number of nitrogens with two attached hydrogens (primary N) is 1. The fourth-order valence-corrected chi connectivity index (χ4v) is 3.69. The lowest BCUT2D eigenvalue weighted by atomic mass is 10.0. The van der Waals surface area contributed by atoms with Gasteiger partial charge in [0.05, 0.1) is 13.2 Å². The molecule has 5 nitrogen and oxygen atoms in total. The van der Waals surface area contributed by atoms with Crippen LogP contribution in [-0.2, 0) is 17.8 Å². The number of nitrogens with zero attached hydrogens (tertiary/aromatic N) is 3. The van der Waals surface area contributed by atoms with Crippen LogP contribution in [0.25, 0.3) is 0 Å². The molecule has 1 fully saturated rings. The van der Waals surface area contributed by atoms with Gasteiger partial charge in [-0.2, -0.15) is 0 Å². The number of hydrogen-bond acceptors (Lipinski definition) is 5. The second kappa shape index (κ2) is 7.73. The number of morpholine rings is 1. The maximum absolute atomic E-state index is 6.11. The van der Waals surface area contributed by atoms with Crippen molar-refractivity contribution in [2.45, 2.75) is 19.1 Å². The summed E-state index contributed by atoms with van der Waals surface area (Å²) in [5, 5.41) is 0. The summed E-state index contributed by atoms with van der Waals surface area (Å²) < 4.78 is 5.43. The van der Waals surface area contributed by atoms with Crippen LogP contribution in [0.2, 0.25) is 0 Å². The number of ether oxygens (including phenoxy) is 1. The van der Waals surface area contributed by atoms with Crippen molar-refractivity contribution in [2.24, 2.45) is 5.73 Å². The molecule has 1 unspecified atom stereocenters. The third kappa shape index (κ3) is 4.11. The van der Waals surface area contributed by atoms with Gasteiger partial charge in [0.15, 0.2) is 0 Å². The van der Waals surface area contributed by atoms with Gasteiger partial charge < -0.3 is 15.4 Å². The molecule has 0 bridgehead atoms. The Hall–Kier alpha value is -0.980. The lowest BCUT2D eigenvalue weighted by Gasteiger charge is -2.30. The Labute approximate surface area is 140 Å². The predicted molar refractivity (Wildman–Crippen MR) is 93.3 cm³/mol. The van der Waals surface area contributed by atoms with E-state index in [0.29, 0.717) is 12.6 Å². The van der Waals surface area contributed by atoms with Crippen LogP contribution in [0.1, 0.15) is 22.7 Å². The fraction of sp³-hybridized carbons (Fsp3) is 0.667. The summed E-state index contributed by atoms with van der Waals surface area (Å²) in [7, 11) is 4.23. The van der Waals surface area contributed by atoms with Crippen LogP contribution in [0.5, 0.6) is 0 Å². The van der Waals surface area contributed by atoms with E-state index in [1.807, 2.05) is 0 Å². The largest absolute Gasteiger partial charge is 0.379 e. The van der Waals surface area contributed by atoms with E-state index in [0.717, 1.165) is 52.5 Å². The molecule has 2 aliphatic rings. The molecule has 1 saturated heterocycles. The van der Waals surface area contributed by atoms with Crippen molar-refractivity contribution in [1.82, 2.24) is 14.7 Å². The molecular weight excluding hydrogens is 288 g/mol. The van der Waals surface area contributed by atoms with E-state index in [-0.39, 0.29) is 0 Å². The van der Waals surface area contributed by atoms with Gasteiger partial charge in [-0.05, 0) is 30.8 Å². The first-order valence-corrected chi connectivity index (χ1v) is 8.68. The van der Waals surface area contributed by atoms with Crippen LogP contribution < -0.4 is 5.73 Å². The summed E-state index contributed by atoms with van der Waals surface area (Å²) >= 11 is 0. The summed E-state index contributed by atoms with van der Waals surface area (Å²) in [4.78, 5) is 7.25. The molecule has 2 heterocycles. The number of rotatable bonds is 6. The zero-order valence-electron chi connectivity index (χ0n) is 14.5. The summed E-state index contributed by atoms with van der Waals surface area (Å²) in [6, 6.07) is 7.29. The smallest absolute Gasteiger partial charge is 0.0594 e. The van der Waals surface area contributed by atoms with Gasteiger partial charge >= 0.3 is 0 Å². The van der Waals surface area contributed by atoms with Gasteiger partial charge in [-0.3, -0.25) is 9.80 Å². The Morgan fingerprint density at radius 3 is 2.70 bits per heavy atom. The van der Waals surface area contributed by atoms with Crippen molar-refractivity contribution in [1.29, 1.82) is 0 Å². The molecule has 0 aromatic heterocycles. The van der Waals surface area contributed by atoms with Gasteiger partial charge in [0, 0.05) is 51.9 Å². The normalized spacial score (nSPS) is 22.7. The molecule has 0 amide bonds. The molecule has 0 radical (unpaired) electrons. The van der Waals surface area contributed by atoms with Crippen LogP contribution in [0.3, 0.4) is 0 Å². The Balaban J connectivity index is 1.64. The molecule has 1 atom stereocenters. The molecule has 1 aromatic carbocycles. The Kier molecular flexibility index (Phi) is 5.67. The summed E-state index contributed by atoms with van der Waals surface area (Å²) in [5.74, 6) is 0. The first-order valence-electron chi connectivity index (χ1n) is 8.68. The monoisotopic (exact) mass is 318 g/mol. The standard InChI is InChI=1S/C18H30N4O/c1-20(2)13-15-3-4-16-14-22(18(12-19)17(16)11-15)6-5-21-7-9-23-10-8-21/h3-4,11,18H,5-10,12-14,19H2,1-2H3. The predicted octanol–water partition coefficient (Wildman–Crippen LogP) is 0.896. The molecule has 5 heteroatoms. The van der Waals surface area contributed by atoms with Crippen molar-refractivity contribution >= 4 is 0 Å². The first-order chi connectivity index (χ1) is 11.2. The van der Waals surface area contributed by atoms with Gasteiger partial charge in [0.25, 0.3) is 0 Å². The molecular formula is C18H30N4O. The highest BCUT2D eigenvalue weighted by Crippen LogP contribution is 2.33. The van der Waals surface area contributed by atoms with Gasteiger partial charge in [-0.1, -0.05) is 18.2 Å². The minimum Gasteiger partial charge on any atom is -0.379 e. The molecule has 2 aliphatic heterocycles. The minimum absolute atomic E-state index is 0.369. The van der Waals surface area contributed by atoms with Gasteiger partial charge in [0.2, 0.25) is 0 Å². The van der Waals surface area contributed by atoms with Crippen molar-refractivity contribution in [2.75, 3.05) is 60.0 Å². The lowest BCUT2D eigenvalue weighted by molar-refractivity contribution is 0.0314. The molecule has 1 aromatic rings. The number of benzene rings is 1. The highest BCUT2D eigenvalue weighted by molar-refractivity contribution is 5.38. The van der Waals surface area contributed by atoms with Crippen molar-refractivity contribution in [3.8, 4) is 0 Å². The molecule has 2 N–H and O–H groups in total. The van der Waals surface area contributed by atoms with Crippen LogP contribution in [0, 0.1) is 0 Å². The average molecular weight is 318 g/mol. The number of fused-ring (bicyclic) bond motifs is 1.